The Morgan fingerprint density at radius 3 is 2.31 bits per heavy atom. The predicted molar refractivity (Wildman–Crippen MR) is 129 cm³/mol. The SMILES string of the molecule is Cc1c[nH]cc1NC1=NC(CN(C2=NC(C)N=C(N(C)C)N2)c2c[nH]cc2C)N=C(N)N1. The van der Waals surface area contributed by atoms with Gasteiger partial charge in [-0.05, 0) is 31.9 Å². The van der Waals surface area contributed by atoms with Crippen molar-refractivity contribution in [2.75, 3.05) is 30.9 Å². The Morgan fingerprint density at radius 1 is 0.938 bits per heavy atom. The Morgan fingerprint density at radius 2 is 1.66 bits per heavy atom. The number of aromatic amines is 2. The van der Waals surface area contributed by atoms with Crippen molar-refractivity contribution in [1.29, 1.82) is 0 Å². The van der Waals surface area contributed by atoms with Crippen LogP contribution in [0.3, 0.4) is 0 Å². The third-order valence-electron chi connectivity index (χ3n) is 5.10. The number of rotatable bonds is 4. The third kappa shape index (κ3) is 4.53. The van der Waals surface area contributed by atoms with E-state index in [9.17, 15) is 0 Å². The maximum atomic E-state index is 6.08. The zero-order valence-corrected chi connectivity index (χ0v) is 18.9. The summed E-state index contributed by atoms with van der Waals surface area (Å²) in [5.74, 6) is 2.26. The number of nitrogens with two attached hydrogens (primary N) is 1. The number of H-pyrrole nitrogens is 2. The molecule has 32 heavy (non-hydrogen) atoms. The first-order chi connectivity index (χ1) is 15.3. The molecule has 4 rings (SSSR count). The van der Waals surface area contributed by atoms with Crippen molar-refractivity contribution in [2.24, 2.45) is 25.7 Å². The summed E-state index contributed by atoms with van der Waals surface area (Å²) in [5, 5.41) is 9.59. The summed E-state index contributed by atoms with van der Waals surface area (Å²) in [5.41, 5.74) is 10.1. The molecule has 0 aliphatic carbocycles. The lowest BCUT2D eigenvalue weighted by Crippen LogP contribution is -2.54. The lowest BCUT2D eigenvalue weighted by atomic mass is 10.3. The molecule has 0 radical (unpaired) electrons. The molecule has 2 unspecified atom stereocenters. The first kappa shape index (κ1) is 21.3. The van der Waals surface area contributed by atoms with Gasteiger partial charge in [0, 0.05) is 38.9 Å². The molecule has 0 spiro atoms. The van der Waals surface area contributed by atoms with Crippen LogP contribution in [0.25, 0.3) is 0 Å². The molecule has 2 aliphatic heterocycles. The summed E-state index contributed by atoms with van der Waals surface area (Å²) in [6.45, 7) is 6.42. The van der Waals surface area contributed by atoms with Gasteiger partial charge in [-0.3, -0.25) is 10.6 Å². The van der Waals surface area contributed by atoms with Crippen molar-refractivity contribution in [1.82, 2.24) is 25.5 Å². The lowest BCUT2D eigenvalue weighted by Gasteiger charge is -2.33. The fourth-order valence-electron chi connectivity index (χ4n) is 3.47. The monoisotopic (exact) mass is 438 g/mol. The molecule has 7 N–H and O–H groups in total. The highest BCUT2D eigenvalue weighted by atomic mass is 15.4. The number of nitrogens with one attached hydrogen (secondary N) is 5. The minimum atomic E-state index is -0.450. The lowest BCUT2D eigenvalue weighted by molar-refractivity contribution is 0.578. The van der Waals surface area contributed by atoms with E-state index in [0.29, 0.717) is 24.4 Å². The Balaban J connectivity index is 1.62. The summed E-state index contributed by atoms with van der Waals surface area (Å²) in [7, 11) is 3.88. The van der Waals surface area contributed by atoms with Crippen molar-refractivity contribution in [3.05, 3.63) is 35.9 Å². The fourth-order valence-corrected chi connectivity index (χ4v) is 3.47. The van der Waals surface area contributed by atoms with E-state index in [1.807, 2.05) is 64.6 Å². The second-order valence-electron chi connectivity index (χ2n) is 7.97. The molecule has 2 aromatic heterocycles. The summed E-state index contributed by atoms with van der Waals surface area (Å²) in [6, 6.07) is 0. The van der Waals surface area contributed by atoms with Crippen LogP contribution in [-0.2, 0) is 0 Å². The summed E-state index contributed by atoms with van der Waals surface area (Å²) in [4.78, 5) is 28.7. The van der Waals surface area contributed by atoms with Crippen LogP contribution in [0.4, 0.5) is 11.4 Å². The molecule has 0 fully saturated rings. The van der Waals surface area contributed by atoms with E-state index in [2.05, 4.69) is 40.8 Å². The highest BCUT2D eigenvalue weighted by molar-refractivity contribution is 6.08. The van der Waals surface area contributed by atoms with Crippen LogP contribution in [-0.4, -0.2) is 71.7 Å². The van der Waals surface area contributed by atoms with Crippen molar-refractivity contribution in [2.45, 2.75) is 33.1 Å². The van der Waals surface area contributed by atoms with Crippen LogP contribution >= 0.6 is 0 Å². The van der Waals surface area contributed by atoms with Crippen LogP contribution in [0.1, 0.15) is 18.1 Å². The molecule has 4 heterocycles. The number of anilines is 2. The average Bonchev–Trinajstić information content (AvgIpc) is 3.33. The quantitative estimate of drug-likeness (QED) is 0.414. The number of hydrogen-bond donors (Lipinski definition) is 6. The number of aliphatic imine (C=N–C) groups is 4. The largest absolute Gasteiger partial charge is 0.370 e. The van der Waals surface area contributed by atoms with Gasteiger partial charge in [0.05, 0.1) is 17.9 Å². The van der Waals surface area contributed by atoms with E-state index in [0.717, 1.165) is 28.5 Å². The van der Waals surface area contributed by atoms with Crippen LogP contribution in [0.5, 0.6) is 0 Å². The maximum absolute atomic E-state index is 6.08. The first-order valence-corrected chi connectivity index (χ1v) is 10.4. The van der Waals surface area contributed by atoms with E-state index < -0.39 is 6.17 Å². The van der Waals surface area contributed by atoms with Crippen LogP contribution in [0.2, 0.25) is 0 Å². The molecule has 170 valence electrons. The van der Waals surface area contributed by atoms with Gasteiger partial charge in [-0.1, -0.05) is 0 Å². The number of nitrogens with zero attached hydrogens (tertiary/aromatic N) is 6. The normalized spacial score (nSPS) is 20.3. The summed E-state index contributed by atoms with van der Waals surface area (Å²) in [6.07, 6.45) is 7.00. The molecule has 0 saturated heterocycles. The van der Waals surface area contributed by atoms with E-state index in [4.69, 9.17) is 15.7 Å². The van der Waals surface area contributed by atoms with Crippen molar-refractivity contribution < 1.29 is 0 Å². The van der Waals surface area contributed by atoms with E-state index in [-0.39, 0.29) is 6.17 Å². The van der Waals surface area contributed by atoms with Gasteiger partial charge < -0.3 is 30.8 Å². The number of aromatic nitrogens is 2. The summed E-state index contributed by atoms with van der Waals surface area (Å²) < 4.78 is 0. The average molecular weight is 439 g/mol. The van der Waals surface area contributed by atoms with Crippen molar-refractivity contribution >= 4 is 35.2 Å². The van der Waals surface area contributed by atoms with Gasteiger partial charge in [-0.2, -0.15) is 0 Å². The van der Waals surface area contributed by atoms with Crippen LogP contribution in [0, 0.1) is 13.8 Å². The second-order valence-corrected chi connectivity index (χ2v) is 7.97. The molecular weight excluding hydrogens is 408 g/mol. The Hall–Kier alpha value is -3.96. The van der Waals surface area contributed by atoms with Gasteiger partial charge in [0.2, 0.25) is 17.9 Å². The maximum Gasteiger partial charge on any atom is 0.207 e. The minimum Gasteiger partial charge on any atom is -0.370 e. The molecule has 2 aliphatic rings. The smallest absolute Gasteiger partial charge is 0.207 e. The predicted octanol–water partition coefficient (Wildman–Crippen LogP) is 0.701. The highest BCUT2D eigenvalue weighted by Crippen LogP contribution is 2.22. The minimum absolute atomic E-state index is 0.218. The van der Waals surface area contributed by atoms with Gasteiger partial charge in [-0.15, -0.1) is 0 Å². The Labute approximate surface area is 186 Å². The van der Waals surface area contributed by atoms with Gasteiger partial charge in [0.25, 0.3) is 0 Å². The van der Waals surface area contributed by atoms with Crippen molar-refractivity contribution in [3.8, 4) is 0 Å². The molecule has 0 bridgehead atoms. The number of aryl methyl sites for hydroxylation is 2. The zero-order valence-electron chi connectivity index (χ0n) is 18.9. The molecule has 12 heteroatoms. The standard InChI is InChI=1S/C20H30N12/c1-11-6-22-8-14(11)26-18-28-16(27-17(21)29-18)10-32(15-9-23-7-12(15)2)20-25-13(3)24-19(30-20)31(4)5/h6-9,13,16,22-23H,10H2,1-5H3,(H,24,25,30)(H4,21,26,27,28,29). The Kier molecular flexibility index (Phi) is 5.75. The second kappa shape index (κ2) is 8.65. The van der Waals surface area contributed by atoms with Gasteiger partial charge in [0.15, 0.2) is 12.1 Å². The van der Waals surface area contributed by atoms with Crippen molar-refractivity contribution in [3.63, 3.8) is 0 Å². The molecule has 2 aromatic rings. The fraction of sp³-hybridized carbons (Fsp3) is 0.400. The van der Waals surface area contributed by atoms with Crippen LogP contribution < -0.4 is 26.6 Å². The number of guanidine groups is 4. The Bertz CT molecular complexity index is 1090. The van der Waals surface area contributed by atoms with E-state index >= 15 is 0 Å². The summed E-state index contributed by atoms with van der Waals surface area (Å²) >= 11 is 0. The van der Waals surface area contributed by atoms with Gasteiger partial charge >= 0.3 is 0 Å². The molecule has 0 aromatic carbocycles. The van der Waals surface area contributed by atoms with Gasteiger partial charge in [0.1, 0.15) is 6.17 Å². The van der Waals surface area contributed by atoms with E-state index in [1.54, 1.807) is 0 Å². The highest BCUT2D eigenvalue weighted by Gasteiger charge is 2.27. The molecule has 0 amide bonds. The zero-order chi connectivity index (χ0) is 22.8. The molecule has 2 atom stereocenters. The van der Waals surface area contributed by atoms with Crippen LogP contribution in [0.15, 0.2) is 44.8 Å². The molecular formula is C20H30N12. The topological polar surface area (TPSA) is 150 Å². The first-order valence-electron chi connectivity index (χ1n) is 10.4. The van der Waals surface area contributed by atoms with E-state index in [1.165, 1.54) is 0 Å². The number of hydrogen-bond acceptors (Lipinski definition) is 10. The molecule has 0 saturated carbocycles. The van der Waals surface area contributed by atoms with Gasteiger partial charge in [-0.25, -0.2) is 20.0 Å². The third-order valence-corrected chi connectivity index (χ3v) is 5.10. The molecule has 12 nitrogen and oxygen atoms in total.